The molecular formula is C23H24N4O3. The van der Waals surface area contributed by atoms with Gasteiger partial charge in [0.1, 0.15) is 18.2 Å². The van der Waals surface area contributed by atoms with Crippen LogP contribution in [0.25, 0.3) is 11.0 Å². The number of para-hydroxylation sites is 2. The van der Waals surface area contributed by atoms with Crippen molar-refractivity contribution in [1.82, 2.24) is 14.9 Å². The highest BCUT2D eigenvalue weighted by molar-refractivity contribution is 6.12. The number of aromatic nitrogens is 2. The second-order valence-electron chi connectivity index (χ2n) is 7.88. The third-order valence-electron chi connectivity index (χ3n) is 5.84. The second-order valence-corrected chi connectivity index (χ2v) is 7.88. The van der Waals surface area contributed by atoms with E-state index < -0.39 is 5.92 Å². The van der Waals surface area contributed by atoms with Crippen LogP contribution in [0.5, 0.6) is 5.75 Å². The van der Waals surface area contributed by atoms with Crippen molar-refractivity contribution in [1.29, 1.82) is 0 Å². The topological polar surface area (TPSA) is 85.2 Å². The molecule has 1 saturated heterocycles. The number of anilines is 1. The van der Waals surface area contributed by atoms with E-state index in [2.05, 4.69) is 15.6 Å². The van der Waals surface area contributed by atoms with Gasteiger partial charge in [-0.3, -0.25) is 9.59 Å². The molecule has 154 valence electrons. The van der Waals surface area contributed by atoms with Crippen molar-refractivity contribution in [2.75, 3.05) is 18.5 Å². The molecule has 30 heavy (non-hydrogen) atoms. The van der Waals surface area contributed by atoms with E-state index in [-0.39, 0.29) is 11.7 Å². The zero-order valence-electron chi connectivity index (χ0n) is 16.6. The van der Waals surface area contributed by atoms with Crippen molar-refractivity contribution in [3.63, 3.8) is 0 Å². The molecule has 0 saturated carbocycles. The summed E-state index contributed by atoms with van der Waals surface area (Å²) in [6.45, 7) is 2.24. The number of nitrogens with one attached hydrogen (secondary N) is 2. The largest absolute Gasteiger partial charge is 0.492 e. The van der Waals surface area contributed by atoms with E-state index in [1.807, 2.05) is 41.0 Å². The van der Waals surface area contributed by atoms with E-state index >= 15 is 0 Å². The van der Waals surface area contributed by atoms with Gasteiger partial charge in [-0.1, -0.05) is 12.1 Å². The molecule has 0 bridgehead atoms. The molecule has 2 atom stereocenters. The lowest BCUT2D eigenvalue weighted by atomic mass is 9.96. The molecule has 3 aromatic rings. The number of hydrogen-bond donors (Lipinski definition) is 2. The van der Waals surface area contributed by atoms with Crippen LogP contribution in [0.4, 0.5) is 5.69 Å². The lowest BCUT2D eigenvalue weighted by Crippen LogP contribution is -2.34. The monoisotopic (exact) mass is 404 g/mol. The summed E-state index contributed by atoms with van der Waals surface area (Å²) in [7, 11) is 0. The number of fused-ring (bicyclic) bond motifs is 3. The lowest BCUT2D eigenvalue weighted by Gasteiger charge is -2.22. The molecule has 0 radical (unpaired) electrons. The maximum absolute atomic E-state index is 13.0. The fourth-order valence-corrected chi connectivity index (χ4v) is 4.27. The first kappa shape index (κ1) is 18.8. The normalized spacial score (nSPS) is 20.9. The summed E-state index contributed by atoms with van der Waals surface area (Å²) in [5.74, 6) is -0.0545. The van der Waals surface area contributed by atoms with E-state index in [1.54, 1.807) is 12.1 Å². The zero-order chi connectivity index (χ0) is 20.5. The average Bonchev–Trinajstić information content (AvgIpc) is 3.40. The average molecular weight is 404 g/mol. The van der Waals surface area contributed by atoms with Crippen LogP contribution in [0, 0.1) is 0 Å². The van der Waals surface area contributed by atoms with Crippen LogP contribution in [0.3, 0.4) is 0 Å². The molecule has 1 fully saturated rings. The third-order valence-corrected chi connectivity index (χ3v) is 5.84. The minimum Gasteiger partial charge on any atom is -0.492 e. The Bertz CT molecular complexity index is 1080. The minimum atomic E-state index is -0.893. The Hall–Kier alpha value is -3.19. The summed E-state index contributed by atoms with van der Waals surface area (Å²) < 4.78 is 7.80. The molecule has 7 heteroatoms. The van der Waals surface area contributed by atoms with E-state index in [4.69, 9.17) is 4.74 Å². The van der Waals surface area contributed by atoms with Gasteiger partial charge in [-0.15, -0.1) is 0 Å². The van der Waals surface area contributed by atoms with Gasteiger partial charge in [-0.2, -0.15) is 0 Å². The molecule has 7 nitrogen and oxygen atoms in total. The SMILES string of the molecule is O=C1CCn2c(nc3ccccc32)C1C(=O)Nc1ccc(OC[C@@H]2CCCN2)cc1. The highest BCUT2D eigenvalue weighted by Crippen LogP contribution is 2.29. The van der Waals surface area contributed by atoms with Gasteiger partial charge in [0.15, 0.2) is 11.7 Å². The number of amides is 1. The fraction of sp³-hybridized carbons (Fsp3) is 0.348. The maximum Gasteiger partial charge on any atom is 0.242 e. The third kappa shape index (κ3) is 3.57. The smallest absolute Gasteiger partial charge is 0.242 e. The first-order valence-electron chi connectivity index (χ1n) is 10.4. The van der Waals surface area contributed by atoms with Crippen LogP contribution < -0.4 is 15.4 Å². The van der Waals surface area contributed by atoms with Crippen LogP contribution in [0.1, 0.15) is 31.0 Å². The molecular weight excluding hydrogens is 380 g/mol. The number of Topliss-reactive ketones (excluding diaryl/α,β-unsaturated/α-hetero) is 1. The summed E-state index contributed by atoms with van der Waals surface area (Å²) >= 11 is 0. The quantitative estimate of drug-likeness (QED) is 0.639. The highest BCUT2D eigenvalue weighted by Gasteiger charge is 2.36. The first-order chi connectivity index (χ1) is 14.7. The lowest BCUT2D eigenvalue weighted by molar-refractivity contribution is -0.128. The Morgan fingerprint density at radius 1 is 1.20 bits per heavy atom. The number of carbonyl (C=O) groups is 2. The first-order valence-corrected chi connectivity index (χ1v) is 10.4. The van der Waals surface area contributed by atoms with Crippen molar-refractivity contribution in [3.8, 4) is 5.75 Å². The molecule has 0 aliphatic carbocycles. The van der Waals surface area contributed by atoms with Crippen LogP contribution >= 0.6 is 0 Å². The Kier molecular flexibility index (Phi) is 4.96. The molecule has 2 aromatic carbocycles. The molecule has 2 N–H and O–H groups in total. The Morgan fingerprint density at radius 3 is 2.83 bits per heavy atom. The van der Waals surface area contributed by atoms with Gasteiger partial charge in [0.25, 0.3) is 0 Å². The summed E-state index contributed by atoms with van der Waals surface area (Å²) in [4.78, 5) is 30.1. The van der Waals surface area contributed by atoms with Crippen molar-refractivity contribution in [3.05, 3.63) is 54.4 Å². The van der Waals surface area contributed by atoms with Gasteiger partial charge in [0.2, 0.25) is 5.91 Å². The summed E-state index contributed by atoms with van der Waals surface area (Å²) in [6, 6.07) is 15.4. The molecule has 1 aromatic heterocycles. The van der Waals surface area contributed by atoms with Crippen molar-refractivity contribution >= 4 is 28.4 Å². The predicted octanol–water partition coefficient (Wildman–Crippen LogP) is 2.86. The van der Waals surface area contributed by atoms with Gasteiger partial charge in [-0.05, 0) is 55.8 Å². The number of imidazole rings is 1. The van der Waals surface area contributed by atoms with Gasteiger partial charge in [0, 0.05) is 24.7 Å². The number of aryl methyl sites for hydroxylation is 1. The number of nitrogens with zero attached hydrogens (tertiary/aromatic N) is 2. The van der Waals surface area contributed by atoms with Crippen LogP contribution in [0.15, 0.2) is 48.5 Å². The number of carbonyl (C=O) groups excluding carboxylic acids is 2. The fourth-order valence-electron chi connectivity index (χ4n) is 4.27. The summed E-state index contributed by atoms with van der Waals surface area (Å²) in [5.41, 5.74) is 2.39. The Balaban J connectivity index is 1.30. The van der Waals surface area contributed by atoms with Crippen LogP contribution in [0.2, 0.25) is 0 Å². The predicted molar refractivity (Wildman–Crippen MR) is 114 cm³/mol. The molecule has 2 aliphatic heterocycles. The minimum absolute atomic E-state index is 0.0978. The Morgan fingerprint density at radius 2 is 2.03 bits per heavy atom. The Labute approximate surface area is 174 Å². The number of benzene rings is 2. The molecule has 5 rings (SSSR count). The standard InChI is InChI=1S/C23H24N4O3/c28-20-11-13-27-19-6-2-1-5-18(19)26-22(27)21(20)23(29)25-15-7-9-17(10-8-15)30-14-16-4-3-12-24-16/h1-2,5-10,16,21,24H,3-4,11-14H2,(H,25,29)/t16-,21?/m0/s1. The maximum atomic E-state index is 13.0. The zero-order valence-corrected chi connectivity index (χ0v) is 16.6. The van der Waals surface area contributed by atoms with Gasteiger partial charge < -0.3 is 19.9 Å². The van der Waals surface area contributed by atoms with Crippen LogP contribution in [-0.4, -0.2) is 40.4 Å². The number of ketones is 1. The van der Waals surface area contributed by atoms with E-state index in [1.165, 1.54) is 6.42 Å². The molecule has 1 amide bonds. The highest BCUT2D eigenvalue weighted by atomic mass is 16.5. The van der Waals surface area contributed by atoms with E-state index in [0.717, 1.165) is 29.7 Å². The molecule has 1 unspecified atom stereocenters. The molecule has 2 aliphatic rings. The van der Waals surface area contributed by atoms with Gasteiger partial charge in [-0.25, -0.2) is 4.98 Å². The second kappa shape index (κ2) is 7.91. The number of hydrogen-bond acceptors (Lipinski definition) is 5. The van der Waals surface area contributed by atoms with Crippen molar-refractivity contribution < 1.29 is 14.3 Å². The van der Waals surface area contributed by atoms with E-state index in [0.29, 0.717) is 37.1 Å². The summed E-state index contributed by atoms with van der Waals surface area (Å²) in [5, 5.41) is 6.27. The number of rotatable bonds is 5. The van der Waals surface area contributed by atoms with Crippen molar-refractivity contribution in [2.45, 2.75) is 37.8 Å². The number of ether oxygens (including phenoxy) is 1. The summed E-state index contributed by atoms with van der Waals surface area (Å²) in [6.07, 6.45) is 2.65. The van der Waals surface area contributed by atoms with E-state index in [9.17, 15) is 9.59 Å². The van der Waals surface area contributed by atoms with Crippen molar-refractivity contribution in [2.24, 2.45) is 0 Å². The van der Waals surface area contributed by atoms with Gasteiger partial charge >= 0.3 is 0 Å². The van der Waals surface area contributed by atoms with Crippen LogP contribution in [-0.2, 0) is 16.1 Å². The molecule has 0 spiro atoms. The molecule has 3 heterocycles. The van der Waals surface area contributed by atoms with Gasteiger partial charge in [0.05, 0.1) is 11.0 Å².